The first-order chi connectivity index (χ1) is 13.3. The van der Waals surface area contributed by atoms with Crippen LogP contribution in [-0.2, 0) is 14.8 Å². The van der Waals surface area contributed by atoms with Crippen LogP contribution in [0.5, 0.6) is 5.75 Å². The van der Waals surface area contributed by atoms with Gasteiger partial charge in [-0.15, -0.1) is 0 Å². The minimum Gasteiger partial charge on any atom is -0.495 e. The number of benzene rings is 2. The van der Waals surface area contributed by atoms with Gasteiger partial charge >= 0.3 is 0 Å². The summed E-state index contributed by atoms with van der Waals surface area (Å²) >= 11 is 0. The van der Waals surface area contributed by atoms with E-state index in [1.807, 2.05) is 6.92 Å². The number of aliphatic hydroxyl groups is 1. The third kappa shape index (κ3) is 5.24. The lowest BCUT2D eigenvalue weighted by atomic mass is 10.2. The average Bonchev–Trinajstić information content (AvgIpc) is 2.67. The molecule has 2 rings (SSSR count). The first-order valence-corrected chi connectivity index (χ1v) is 10.3. The van der Waals surface area contributed by atoms with Gasteiger partial charge in [0.25, 0.3) is 10.0 Å². The van der Waals surface area contributed by atoms with Crippen molar-refractivity contribution in [3.63, 3.8) is 0 Å². The predicted molar refractivity (Wildman–Crippen MR) is 108 cm³/mol. The van der Waals surface area contributed by atoms with Gasteiger partial charge in [-0.2, -0.15) is 0 Å². The standard InChI is InChI=1S/C20H26N2O5S/c1-15-5-8-17(9-6-15)22(14-20(24)21-11-4-12-23)28(25,26)19-13-16(2)7-10-18(19)27-3/h5-10,13,23H,4,11-12,14H2,1-3H3,(H,21,24). The van der Waals surface area contributed by atoms with E-state index in [2.05, 4.69) is 5.32 Å². The molecular formula is C20H26N2O5S. The minimum absolute atomic E-state index is 0.00117. The van der Waals surface area contributed by atoms with Crippen molar-refractivity contribution >= 4 is 21.6 Å². The number of aliphatic hydroxyl groups excluding tert-OH is 1. The van der Waals surface area contributed by atoms with Crippen molar-refractivity contribution in [1.82, 2.24) is 5.32 Å². The Morgan fingerprint density at radius 2 is 1.75 bits per heavy atom. The average molecular weight is 407 g/mol. The molecule has 0 saturated carbocycles. The molecule has 28 heavy (non-hydrogen) atoms. The SMILES string of the molecule is COc1ccc(C)cc1S(=O)(=O)N(CC(=O)NCCCO)c1ccc(C)cc1. The monoisotopic (exact) mass is 406 g/mol. The molecule has 0 spiro atoms. The zero-order valence-electron chi connectivity index (χ0n) is 16.3. The van der Waals surface area contributed by atoms with E-state index in [4.69, 9.17) is 9.84 Å². The van der Waals surface area contributed by atoms with E-state index in [1.165, 1.54) is 13.2 Å². The Morgan fingerprint density at radius 3 is 2.36 bits per heavy atom. The molecule has 0 radical (unpaired) electrons. The smallest absolute Gasteiger partial charge is 0.268 e. The van der Waals surface area contributed by atoms with Crippen molar-refractivity contribution in [3.05, 3.63) is 53.6 Å². The van der Waals surface area contributed by atoms with E-state index in [9.17, 15) is 13.2 Å². The molecule has 0 heterocycles. The number of nitrogens with zero attached hydrogens (tertiary/aromatic N) is 1. The van der Waals surface area contributed by atoms with Crippen molar-refractivity contribution in [3.8, 4) is 5.75 Å². The van der Waals surface area contributed by atoms with Gasteiger partial charge in [0.05, 0.1) is 12.8 Å². The Labute approximate surface area is 166 Å². The van der Waals surface area contributed by atoms with Gasteiger partial charge < -0.3 is 15.2 Å². The van der Waals surface area contributed by atoms with E-state index in [-0.39, 0.29) is 30.3 Å². The number of amides is 1. The largest absolute Gasteiger partial charge is 0.495 e. The highest BCUT2D eigenvalue weighted by Crippen LogP contribution is 2.30. The summed E-state index contributed by atoms with van der Waals surface area (Å²) in [5, 5.41) is 11.5. The van der Waals surface area contributed by atoms with Gasteiger partial charge in [0.2, 0.25) is 5.91 Å². The number of sulfonamides is 1. The van der Waals surface area contributed by atoms with Gasteiger partial charge in [0.15, 0.2) is 0 Å². The highest BCUT2D eigenvalue weighted by molar-refractivity contribution is 7.93. The molecule has 0 aromatic heterocycles. The van der Waals surface area contributed by atoms with E-state index in [0.717, 1.165) is 15.4 Å². The van der Waals surface area contributed by atoms with Crippen LogP contribution in [0.4, 0.5) is 5.69 Å². The number of nitrogens with one attached hydrogen (secondary N) is 1. The van der Waals surface area contributed by atoms with Crippen LogP contribution >= 0.6 is 0 Å². The van der Waals surface area contributed by atoms with Gasteiger partial charge in [-0.1, -0.05) is 23.8 Å². The molecule has 0 bridgehead atoms. The van der Waals surface area contributed by atoms with E-state index < -0.39 is 15.9 Å². The normalized spacial score (nSPS) is 11.1. The van der Waals surface area contributed by atoms with Crippen molar-refractivity contribution in [2.75, 3.05) is 31.1 Å². The molecule has 0 unspecified atom stereocenters. The third-order valence-electron chi connectivity index (χ3n) is 4.15. The number of hydrogen-bond donors (Lipinski definition) is 2. The quantitative estimate of drug-likeness (QED) is 0.621. The van der Waals surface area contributed by atoms with Crippen LogP contribution in [0.2, 0.25) is 0 Å². The van der Waals surface area contributed by atoms with Crippen LogP contribution in [0.1, 0.15) is 17.5 Å². The summed E-state index contributed by atoms with van der Waals surface area (Å²) in [6.45, 7) is 3.52. The van der Waals surface area contributed by atoms with Crippen molar-refractivity contribution in [2.45, 2.75) is 25.2 Å². The lowest BCUT2D eigenvalue weighted by Crippen LogP contribution is -2.41. The molecule has 0 aliphatic rings. The lowest BCUT2D eigenvalue weighted by Gasteiger charge is -2.25. The van der Waals surface area contributed by atoms with Gasteiger partial charge in [-0.3, -0.25) is 9.10 Å². The summed E-state index contributed by atoms with van der Waals surface area (Å²) in [6.07, 6.45) is 0.398. The summed E-state index contributed by atoms with van der Waals surface area (Å²) in [5.74, 6) is -0.243. The molecule has 2 aromatic rings. The number of carbonyl (C=O) groups is 1. The molecule has 1 amide bonds. The Kier molecular flexibility index (Phi) is 7.42. The fraction of sp³-hybridized carbons (Fsp3) is 0.350. The molecule has 152 valence electrons. The van der Waals surface area contributed by atoms with Crippen molar-refractivity contribution < 1.29 is 23.1 Å². The first-order valence-electron chi connectivity index (χ1n) is 8.91. The molecule has 0 aliphatic carbocycles. The summed E-state index contributed by atoms with van der Waals surface area (Å²) < 4.78 is 33.2. The zero-order chi connectivity index (χ0) is 20.7. The molecule has 7 nitrogen and oxygen atoms in total. The maximum atomic E-state index is 13.4. The van der Waals surface area contributed by atoms with Gasteiger partial charge in [0, 0.05) is 13.2 Å². The first kappa shape index (κ1) is 21.7. The van der Waals surface area contributed by atoms with Crippen molar-refractivity contribution in [1.29, 1.82) is 0 Å². The molecule has 0 aliphatic heterocycles. The maximum absolute atomic E-state index is 13.4. The molecule has 2 aromatic carbocycles. The Hall–Kier alpha value is -2.58. The van der Waals surface area contributed by atoms with E-state index in [0.29, 0.717) is 12.1 Å². The third-order valence-corrected chi connectivity index (χ3v) is 5.95. The highest BCUT2D eigenvalue weighted by Gasteiger charge is 2.30. The van der Waals surface area contributed by atoms with Crippen molar-refractivity contribution in [2.24, 2.45) is 0 Å². The topological polar surface area (TPSA) is 95.9 Å². The summed E-state index contributed by atoms with van der Waals surface area (Å²) in [4.78, 5) is 12.3. The number of methoxy groups -OCH3 is 1. The second-order valence-electron chi connectivity index (χ2n) is 6.43. The number of aryl methyl sites for hydroxylation is 2. The van der Waals surface area contributed by atoms with Crippen LogP contribution in [0.3, 0.4) is 0 Å². The number of hydrogen-bond acceptors (Lipinski definition) is 5. The number of carbonyl (C=O) groups excluding carboxylic acids is 1. The molecule has 0 fully saturated rings. The molecule has 0 atom stereocenters. The van der Waals surface area contributed by atoms with E-state index >= 15 is 0 Å². The minimum atomic E-state index is -4.06. The van der Waals surface area contributed by atoms with Gasteiger partial charge in [0.1, 0.15) is 17.2 Å². The molecule has 2 N–H and O–H groups in total. The molecule has 8 heteroatoms. The van der Waals surface area contributed by atoms with Crippen LogP contribution in [-0.4, -0.2) is 46.2 Å². The summed E-state index contributed by atoms with van der Waals surface area (Å²) in [7, 11) is -2.66. The molecule has 0 saturated heterocycles. The summed E-state index contributed by atoms with van der Waals surface area (Å²) in [6, 6.07) is 11.8. The van der Waals surface area contributed by atoms with Crippen LogP contribution in [0, 0.1) is 13.8 Å². The second kappa shape index (κ2) is 9.57. The zero-order valence-corrected chi connectivity index (χ0v) is 17.1. The Bertz CT molecular complexity index is 911. The Balaban J connectivity index is 2.46. The number of rotatable bonds is 9. The molecular weight excluding hydrogens is 380 g/mol. The van der Waals surface area contributed by atoms with E-state index in [1.54, 1.807) is 43.3 Å². The maximum Gasteiger partial charge on any atom is 0.268 e. The Morgan fingerprint density at radius 1 is 1.11 bits per heavy atom. The van der Waals surface area contributed by atoms with Crippen LogP contribution in [0.25, 0.3) is 0 Å². The lowest BCUT2D eigenvalue weighted by molar-refractivity contribution is -0.119. The number of anilines is 1. The fourth-order valence-corrected chi connectivity index (χ4v) is 4.29. The van der Waals surface area contributed by atoms with Crippen LogP contribution < -0.4 is 14.4 Å². The highest BCUT2D eigenvalue weighted by atomic mass is 32.2. The summed E-state index contributed by atoms with van der Waals surface area (Å²) in [5.41, 5.74) is 2.11. The fourth-order valence-electron chi connectivity index (χ4n) is 2.62. The van der Waals surface area contributed by atoms with Gasteiger partial charge in [-0.05, 0) is 50.1 Å². The van der Waals surface area contributed by atoms with Crippen LogP contribution in [0.15, 0.2) is 47.4 Å². The number of ether oxygens (including phenoxy) is 1. The second-order valence-corrected chi connectivity index (χ2v) is 8.26. The van der Waals surface area contributed by atoms with Gasteiger partial charge in [-0.25, -0.2) is 8.42 Å². The predicted octanol–water partition coefficient (Wildman–Crippen LogP) is 2.01.